The van der Waals surface area contributed by atoms with Gasteiger partial charge in [-0.25, -0.2) is 4.98 Å². The zero-order chi connectivity index (χ0) is 24.8. The Morgan fingerprint density at radius 1 is 1.11 bits per heavy atom. The standard InChI is InChI=1S/C26H19ClN4OS3/c1-16(32)29-19-4-2-5-20(12-19)30-25(33)15-35-26-22(14-28)21(24-6-3-11-34-24)13-23(31-26)17-7-9-18(27)10-8-17/h2-13H,15H2,1H3,(H,29,32)(H,30,33). The first-order chi connectivity index (χ1) is 16.9. The molecule has 5 nitrogen and oxygen atoms in total. The second kappa shape index (κ2) is 11.5. The number of thiophene rings is 1. The maximum Gasteiger partial charge on any atom is 0.221 e. The first kappa shape index (κ1) is 24.9. The third-order valence-electron chi connectivity index (χ3n) is 4.83. The summed E-state index contributed by atoms with van der Waals surface area (Å²) in [5, 5.41) is 19.2. The van der Waals surface area contributed by atoms with E-state index in [1.54, 1.807) is 11.3 Å². The van der Waals surface area contributed by atoms with Crippen LogP contribution in [0.25, 0.3) is 21.7 Å². The molecule has 2 N–H and O–H groups in total. The number of pyridine rings is 1. The molecule has 4 aromatic rings. The van der Waals surface area contributed by atoms with Gasteiger partial charge < -0.3 is 10.6 Å². The van der Waals surface area contributed by atoms with Gasteiger partial charge in [-0.1, -0.05) is 59.8 Å². The SMILES string of the molecule is CC(=O)Nc1cccc(NC(=S)CSc2nc(-c3ccc(Cl)cc3)cc(-c3cccs3)c2C#N)c1. The largest absolute Gasteiger partial charge is 0.349 e. The lowest BCUT2D eigenvalue weighted by Crippen LogP contribution is -2.13. The van der Waals surface area contributed by atoms with E-state index in [4.69, 9.17) is 28.8 Å². The van der Waals surface area contributed by atoms with Gasteiger partial charge in [-0.3, -0.25) is 4.79 Å². The summed E-state index contributed by atoms with van der Waals surface area (Å²) in [6, 6.07) is 23.0. The lowest BCUT2D eigenvalue weighted by atomic mass is 10.0. The highest BCUT2D eigenvalue weighted by atomic mass is 35.5. The molecule has 4 rings (SSSR count). The van der Waals surface area contributed by atoms with Gasteiger partial charge in [0.1, 0.15) is 11.1 Å². The van der Waals surface area contributed by atoms with Crippen LogP contribution in [0.1, 0.15) is 12.5 Å². The maximum absolute atomic E-state index is 11.3. The van der Waals surface area contributed by atoms with Gasteiger partial charge in [0, 0.05) is 39.3 Å². The Hall–Kier alpha value is -3.22. The predicted octanol–water partition coefficient (Wildman–Crippen LogP) is 7.49. The Morgan fingerprint density at radius 2 is 1.86 bits per heavy atom. The summed E-state index contributed by atoms with van der Waals surface area (Å²) >= 11 is 14.6. The van der Waals surface area contributed by atoms with Crippen molar-refractivity contribution < 1.29 is 4.79 Å². The number of benzene rings is 2. The van der Waals surface area contributed by atoms with E-state index in [1.807, 2.05) is 72.1 Å². The molecule has 0 radical (unpaired) electrons. The monoisotopic (exact) mass is 534 g/mol. The molecule has 0 fully saturated rings. The van der Waals surface area contributed by atoms with Gasteiger partial charge in [0.05, 0.1) is 22.0 Å². The van der Waals surface area contributed by atoms with Gasteiger partial charge in [-0.05, 0) is 47.8 Å². The fraction of sp³-hybridized carbons (Fsp3) is 0.0769. The second-order valence-electron chi connectivity index (χ2n) is 7.43. The van der Waals surface area contributed by atoms with E-state index in [2.05, 4.69) is 16.7 Å². The van der Waals surface area contributed by atoms with E-state index in [0.717, 1.165) is 27.4 Å². The molecule has 0 atom stereocenters. The van der Waals surface area contributed by atoms with Crippen LogP contribution < -0.4 is 10.6 Å². The molecule has 0 aliphatic rings. The van der Waals surface area contributed by atoms with Crippen LogP contribution in [0.4, 0.5) is 11.4 Å². The number of aromatic nitrogens is 1. The van der Waals surface area contributed by atoms with Crippen LogP contribution in [0.2, 0.25) is 5.02 Å². The molecule has 9 heteroatoms. The Balaban J connectivity index is 1.60. The van der Waals surface area contributed by atoms with Crippen LogP contribution in [0.15, 0.2) is 77.1 Å². The summed E-state index contributed by atoms with van der Waals surface area (Å²) in [7, 11) is 0. The second-order valence-corrected chi connectivity index (χ2v) is 10.3. The van der Waals surface area contributed by atoms with Crippen LogP contribution in [0, 0.1) is 11.3 Å². The molecular weight excluding hydrogens is 516 g/mol. The first-order valence-electron chi connectivity index (χ1n) is 10.5. The van der Waals surface area contributed by atoms with Crippen LogP contribution in [-0.4, -0.2) is 21.6 Å². The van der Waals surface area contributed by atoms with E-state index in [9.17, 15) is 10.1 Å². The number of anilines is 2. The third kappa shape index (κ3) is 6.47. The van der Waals surface area contributed by atoms with Crippen LogP contribution in [0.3, 0.4) is 0 Å². The number of rotatable bonds is 7. The normalized spacial score (nSPS) is 10.4. The third-order valence-corrected chi connectivity index (χ3v) is 7.42. The highest BCUT2D eigenvalue weighted by Crippen LogP contribution is 2.36. The Bertz CT molecular complexity index is 1410. The molecular formula is C26H19ClN4OS3. The predicted molar refractivity (Wildman–Crippen MR) is 150 cm³/mol. The first-order valence-corrected chi connectivity index (χ1v) is 13.1. The smallest absolute Gasteiger partial charge is 0.221 e. The lowest BCUT2D eigenvalue weighted by molar-refractivity contribution is -0.114. The molecule has 174 valence electrons. The fourth-order valence-electron chi connectivity index (χ4n) is 3.34. The van der Waals surface area contributed by atoms with Crippen molar-refractivity contribution in [3.05, 3.63) is 82.7 Å². The average molecular weight is 535 g/mol. The molecule has 2 aromatic heterocycles. The number of carbonyl (C=O) groups excluding carboxylic acids is 1. The Morgan fingerprint density at radius 3 is 2.51 bits per heavy atom. The van der Waals surface area contributed by atoms with Crippen molar-refractivity contribution in [3.63, 3.8) is 0 Å². The number of nitrogens with zero attached hydrogens (tertiary/aromatic N) is 2. The summed E-state index contributed by atoms with van der Waals surface area (Å²) < 4.78 is 0. The molecule has 0 unspecified atom stereocenters. The van der Waals surface area contributed by atoms with Crippen LogP contribution in [0.5, 0.6) is 0 Å². The van der Waals surface area contributed by atoms with Gasteiger partial charge in [0.25, 0.3) is 0 Å². The molecule has 35 heavy (non-hydrogen) atoms. The molecule has 0 bridgehead atoms. The number of thiocarbonyl (C=S) groups is 1. The van der Waals surface area contributed by atoms with Gasteiger partial charge in [0.2, 0.25) is 5.91 Å². The summed E-state index contributed by atoms with van der Waals surface area (Å²) in [5.74, 6) is 0.285. The molecule has 0 saturated carbocycles. The Labute approximate surface area is 222 Å². The van der Waals surface area contributed by atoms with Gasteiger partial charge in [-0.2, -0.15) is 5.26 Å². The Kier molecular flexibility index (Phi) is 8.16. The number of amides is 1. The molecule has 0 saturated heterocycles. The van der Waals surface area contributed by atoms with Gasteiger partial charge in [-0.15, -0.1) is 11.3 Å². The van der Waals surface area contributed by atoms with Crippen molar-refractivity contribution in [2.45, 2.75) is 11.9 Å². The molecule has 0 aliphatic carbocycles. The molecule has 0 aliphatic heterocycles. The molecule has 2 aromatic carbocycles. The van der Waals surface area contributed by atoms with Crippen molar-refractivity contribution >= 4 is 69.2 Å². The number of nitrogens with one attached hydrogen (secondary N) is 2. The highest BCUT2D eigenvalue weighted by Gasteiger charge is 2.17. The number of hydrogen-bond acceptors (Lipinski definition) is 6. The minimum Gasteiger partial charge on any atom is -0.349 e. The quantitative estimate of drug-likeness (QED) is 0.189. The van der Waals surface area contributed by atoms with E-state index in [-0.39, 0.29) is 5.91 Å². The number of carbonyl (C=O) groups is 1. The van der Waals surface area contributed by atoms with Gasteiger partial charge >= 0.3 is 0 Å². The molecule has 1 amide bonds. The van der Waals surface area contributed by atoms with E-state index in [1.165, 1.54) is 18.7 Å². The minimum atomic E-state index is -0.141. The molecule has 0 spiro atoms. The average Bonchev–Trinajstić information content (AvgIpc) is 3.37. The van der Waals surface area contributed by atoms with Crippen molar-refractivity contribution in [1.29, 1.82) is 5.26 Å². The summed E-state index contributed by atoms with van der Waals surface area (Å²) in [6.07, 6.45) is 0. The minimum absolute atomic E-state index is 0.141. The summed E-state index contributed by atoms with van der Waals surface area (Å²) in [6.45, 7) is 1.46. The zero-order valence-electron chi connectivity index (χ0n) is 18.5. The highest BCUT2D eigenvalue weighted by molar-refractivity contribution is 8.01. The number of thioether (sulfide) groups is 1. The topological polar surface area (TPSA) is 77.8 Å². The van der Waals surface area contributed by atoms with E-state index >= 15 is 0 Å². The van der Waals surface area contributed by atoms with Crippen LogP contribution >= 0.6 is 46.9 Å². The van der Waals surface area contributed by atoms with Crippen LogP contribution in [-0.2, 0) is 4.79 Å². The number of halogens is 1. The van der Waals surface area contributed by atoms with E-state index in [0.29, 0.717) is 32.0 Å². The number of hydrogen-bond donors (Lipinski definition) is 2. The summed E-state index contributed by atoms with van der Waals surface area (Å²) in [5.41, 5.74) is 4.48. The van der Waals surface area contributed by atoms with Crippen molar-refractivity contribution in [2.75, 3.05) is 16.4 Å². The van der Waals surface area contributed by atoms with Crippen molar-refractivity contribution in [1.82, 2.24) is 4.98 Å². The van der Waals surface area contributed by atoms with Crippen molar-refractivity contribution in [2.24, 2.45) is 0 Å². The van der Waals surface area contributed by atoms with Crippen molar-refractivity contribution in [3.8, 4) is 27.8 Å². The molecule has 2 heterocycles. The van der Waals surface area contributed by atoms with Gasteiger partial charge in [0.15, 0.2) is 0 Å². The number of nitriles is 1. The van der Waals surface area contributed by atoms with E-state index < -0.39 is 0 Å². The lowest BCUT2D eigenvalue weighted by Gasteiger charge is -2.13. The fourth-order valence-corrected chi connectivity index (χ4v) is 5.31. The summed E-state index contributed by atoms with van der Waals surface area (Å²) in [4.78, 5) is 17.7. The zero-order valence-corrected chi connectivity index (χ0v) is 21.7. The maximum atomic E-state index is 11.3.